The number of carbonyl (C=O) groups excluding carboxylic acids is 1. The maximum absolute atomic E-state index is 13.0. The molecule has 0 aliphatic carbocycles. The van der Waals surface area contributed by atoms with Gasteiger partial charge in [0.05, 0.1) is 6.26 Å². The number of nitrogens with zero attached hydrogens (tertiary/aromatic N) is 1. The van der Waals surface area contributed by atoms with E-state index in [0.717, 1.165) is 11.3 Å². The Morgan fingerprint density at radius 1 is 1.39 bits per heavy atom. The van der Waals surface area contributed by atoms with E-state index in [0.29, 0.717) is 24.1 Å². The highest BCUT2D eigenvalue weighted by atomic mass is 19.1. The summed E-state index contributed by atoms with van der Waals surface area (Å²) in [6.07, 6.45) is 2.29. The quantitative estimate of drug-likeness (QED) is 0.778. The lowest BCUT2D eigenvalue weighted by atomic mass is 10.1. The van der Waals surface area contributed by atoms with Crippen molar-refractivity contribution < 1.29 is 13.6 Å². The zero-order valence-electron chi connectivity index (χ0n) is 10.3. The molecule has 0 fully saturated rings. The molecule has 18 heavy (non-hydrogen) atoms. The molecule has 94 valence electrons. The van der Waals surface area contributed by atoms with Gasteiger partial charge in [0.1, 0.15) is 11.6 Å². The smallest absolute Gasteiger partial charge is 0.152 e. The Kier molecular flexibility index (Phi) is 3.46. The zero-order valence-corrected chi connectivity index (χ0v) is 10.3. The second-order valence-corrected chi connectivity index (χ2v) is 4.18. The fourth-order valence-corrected chi connectivity index (χ4v) is 1.88. The van der Waals surface area contributed by atoms with Crippen LogP contribution < -0.4 is 4.90 Å². The van der Waals surface area contributed by atoms with Gasteiger partial charge in [0.15, 0.2) is 6.29 Å². The van der Waals surface area contributed by atoms with Crippen molar-refractivity contribution in [1.29, 1.82) is 0 Å². The monoisotopic (exact) mass is 247 g/mol. The molecule has 0 aliphatic rings. The Bertz CT molecular complexity index is 563. The van der Waals surface area contributed by atoms with Crippen molar-refractivity contribution in [3.8, 4) is 0 Å². The first kappa shape index (κ1) is 12.4. The van der Waals surface area contributed by atoms with Gasteiger partial charge in [0.2, 0.25) is 0 Å². The van der Waals surface area contributed by atoms with E-state index in [-0.39, 0.29) is 0 Å². The van der Waals surface area contributed by atoms with E-state index >= 15 is 0 Å². The zero-order chi connectivity index (χ0) is 13.1. The van der Waals surface area contributed by atoms with Gasteiger partial charge in [-0.25, -0.2) is 4.39 Å². The normalized spacial score (nSPS) is 10.4. The van der Waals surface area contributed by atoms with Crippen molar-refractivity contribution in [2.24, 2.45) is 0 Å². The fourth-order valence-electron chi connectivity index (χ4n) is 1.88. The molecule has 1 heterocycles. The van der Waals surface area contributed by atoms with Crippen LogP contribution in [0.2, 0.25) is 0 Å². The lowest BCUT2D eigenvalue weighted by Gasteiger charge is -2.20. The summed E-state index contributed by atoms with van der Waals surface area (Å²) in [5, 5.41) is 0. The lowest BCUT2D eigenvalue weighted by molar-refractivity contribution is 0.112. The number of halogens is 1. The molecule has 0 bridgehead atoms. The first-order chi connectivity index (χ1) is 8.61. The minimum absolute atomic E-state index is 0.346. The number of aryl methyl sites for hydroxylation is 1. The molecule has 0 N–H and O–H groups in total. The molecule has 0 radical (unpaired) electrons. The van der Waals surface area contributed by atoms with Crippen LogP contribution in [0.4, 0.5) is 10.1 Å². The van der Waals surface area contributed by atoms with Crippen LogP contribution in [0, 0.1) is 12.7 Å². The van der Waals surface area contributed by atoms with Gasteiger partial charge in [-0.05, 0) is 31.2 Å². The molecule has 3 nitrogen and oxygen atoms in total. The largest absolute Gasteiger partial charge is 0.469 e. The molecule has 0 atom stereocenters. The molecule has 1 aromatic carbocycles. The van der Waals surface area contributed by atoms with Crippen molar-refractivity contribution >= 4 is 12.0 Å². The van der Waals surface area contributed by atoms with E-state index in [4.69, 9.17) is 4.42 Å². The van der Waals surface area contributed by atoms with Crippen molar-refractivity contribution in [1.82, 2.24) is 0 Å². The summed E-state index contributed by atoms with van der Waals surface area (Å²) in [5.74, 6) is 0.436. The predicted molar refractivity (Wildman–Crippen MR) is 67.3 cm³/mol. The Hall–Kier alpha value is -2.10. The number of anilines is 1. The minimum Gasteiger partial charge on any atom is -0.469 e. The van der Waals surface area contributed by atoms with E-state index in [2.05, 4.69) is 0 Å². The van der Waals surface area contributed by atoms with Crippen molar-refractivity contribution in [2.45, 2.75) is 13.5 Å². The summed E-state index contributed by atoms with van der Waals surface area (Å²) in [6.45, 7) is 2.49. The van der Waals surface area contributed by atoms with Crippen LogP contribution in [-0.4, -0.2) is 13.3 Å². The summed E-state index contributed by atoms with van der Waals surface area (Å²) < 4.78 is 18.3. The molecule has 2 aromatic rings. The molecule has 0 spiro atoms. The maximum atomic E-state index is 13.0. The first-order valence-electron chi connectivity index (χ1n) is 5.60. The average molecular weight is 247 g/mol. The average Bonchev–Trinajstić information content (AvgIpc) is 2.74. The summed E-state index contributed by atoms with van der Waals surface area (Å²) in [4.78, 5) is 12.8. The highest BCUT2D eigenvalue weighted by Gasteiger charge is 2.10. The molecule has 0 saturated heterocycles. The third-order valence-corrected chi connectivity index (χ3v) is 2.90. The topological polar surface area (TPSA) is 33.5 Å². The molecule has 4 heteroatoms. The van der Waals surface area contributed by atoms with Gasteiger partial charge in [-0.15, -0.1) is 0 Å². The SMILES string of the molecule is Cc1occc1CN(C)c1ccc(F)cc1C=O. The first-order valence-corrected chi connectivity index (χ1v) is 5.60. The number of hydrogen-bond donors (Lipinski definition) is 0. The van der Waals surface area contributed by atoms with Crippen LogP contribution in [0.3, 0.4) is 0 Å². The number of aldehydes is 1. The Balaban J connectivity index is 2.26. The molecule has 0 aliphatic heterocycles. The molecule has 0 saturated carbocycles. The highest BCUT2D eigenvalue weighted by Crippen LogP contribution is 2.22. The van der Waals surface area contributed by atoms with Crippen LogP contribution in [0.15, 0.2) is 34.9 Å². The van der Waals surface area contributed by atoms with E-state index in [9.17, 15) is 9.18 Å². The molecule has 0 amide bonds. The van der Waals surface area contributed by atoms with E-state index in [1.807, 2.05) is 24.9 Å². The van der Waals surface area contributed by atoms with E-state index in [1.165, 1.54) is 12.1 Å². The van der Waals surface area contributed by atoms with Crippen molar-refractivity contribution in [3.05, 3.63) is 53.2 Å². The Labute approximate surface area is 105 Å². The standard InChI is InChI=1S/C14H14FNO2/c1-10-11(5-6-18-10)8-16(2)14-4-3-13(15)7-12(14)9-17/h3-7,9H,8H2,1-2H3. The second-order valence-electron chi connectivity index (χ2n) is 4.18. The van der Waals surface area contributed by atoms with Crippen LogP contribution in [-0.2, 0) is 6.54 Å². The van der Waals surface area contributed by atoms with Crippen LogP contribution in [0.5, 0.6) is 0 Å². The Morgan fingerprint density at radius 2 is 2.17 bits per heavy atom. The lowest BCUT2D eigenvalue weighted by Crippen LogP contribution is -2.18. The van der Waals surface area contributed by atoms with E-state index in [1.54, 1.807) is 12.3 Å². The number of benzene rings is 1. The van der Waals surface area contributed by atoms with Gasteiger partial charge < -0.3 is 9.32 Å². The Morgan fingerprint density at radius 3 is 2.78 bits per heavy atom. The molecular weight excluding hydrogens is 233 g/mol. The highest BCUT2D eigenvalue weighted by molar-refractivity contribution is 5.84. The van der Waals surface area contributed by atoms with Crippen LogP contribution in [0.1, 0.15) is 21.7 Å². The van der Waals surface area contributed by atoms with Gasteiger partial charge in [-0.1, -0.05) is 0 Å². The fraction of sp³-hybridized carbons (Fsp3) is 0.214. The van der Waals surface area contributed by atoms with Gasteiger partial charge in [-0.2, -0.15) is 0 Å². The summed E-state index contributed by atoms with van der Waals surface area (Å²) >= 11 is 0. The number of carbonyl (C=O) groups is 1. The van der Waals surface area contributed by atoms with Gasteiger partial charge in [0.25, 0.3) is 0 Å². The number of furan rings is 1. The number of hydrogen-bond acceptors (Lipinski definition) is 3. The minimum atomic E-state index is -0.409. The number of rotatable bonds is 4. The van der Waals surface area contributed by atoms with Crippen molar-refractivity contribution in [3.63, 3.8) is 0 Å². The van der Waals surface area contributed by atoms with Gasteiger partial charge in [0, 0.05) is 30.4 Å². The second kappa shape index (κ2) is 5.04. The van der Waals surface area contributed by atoms with Gasteiger partial charge >= 0.3 is 0 Å². The maximum Gasteiger partial charge on any atom is 0.152 e. The molecule has 0 unspecified atom stereocenters. The van der Waals surface area contributed by atoms with Crippen LogP contribution >= 0.6 is 0 Å². The summed E-state index contributed by atoms with van der Waals surface area (Å²) in [6, 6.07) is 6.08. The molecule has 2 rings (SSSR count). The van der Waals surface area contributed by atoms with Gasteiger partial charge in [-0.3, -0.25) is 4.79 Å². The summed E-state index contributed by atoms with van der Waals surface area (Å²) in [7, 11) is 1.85. The third-order valence-electron chi connectivity index (χ3n) is 2.90. The molecular formula is C14H14FNO2. The van der Waals surface area contributed by atoms with Crippen LogP contribution in [0.25, 0.3) is 0 Å². The van der Waals surface area contributed by atoms with Crippen molar-refractivity contribution in [2.75, 3.05) is 11.9 Å². The summed E-state index contributed by atoms with van der Waals surface area (Å²) in [5.41, 5.74) is 2.09. The predicted octanol–water partition coefficient (Wildman–Crippen LogP) is 3.18. The third kappa shape index (κ3) is 2.42. The molecule has 1 aromatic heterocycles. The van der Waals surface area contributed by atoms with E-state index < -0.39 is 5.82 Å².